The number of hydrogen-bond acceptors (Lipinski definition) is 3. The Bertz CT molecular complexity index is 513. The highest BCUT2D eigenvalue weighted by atomic mass is 35.5. The molecule has 0 saturated carbocycles. The molecule has 2 nitrogen and oxygen atoms in total. The minimum Gasteiger partial charge on any atom is -0.315 e. The van der Waals surface area contributed by atoms with Crippen LogP contribution in [-0.4, -0.2) is 12.0 Å². The molecule has 0 aliphatic carbocycles. The second-order valence-electron chi connectivity index (χ2n) is 4.56. The number of aryl methyl sites for hydroxylation is 1. The Labute approximate surface area is 123 Å². The predicted octanol–water partition coefficient (Wildman–Crippen LogP) is 4.06. The van der Waals surface area contributed by atoms with Gasteiger partial charge >= 0.3 is 0 Å². The monoisotopic (exact) mass is 294 g/mol. The lowest BCUT2D eigenvalue weighted by Gasteiger charge is -1.98. The Kier molecular flexibility index (Phi) is 5.37. The first kappa shape index (κ1) is 14.5. The van der Waals surface area contributed by atoms with Gasteiger partial charge in [0.05, 0.1) is 10.7 Å². The van der Waals surface area contributed by atoms with Gasteiger partial charge in [-0.2, -0.15) is 0 Å². The lowest BCUT2D eigenvalue weighted by Crippen LogP contribution is -2.05. The Morgan fingerprint density at radius 3 is 2.89 bits per heavy atom. The van der Waals surface area contributed by atoms with Crippen molar-refractivity contribution >= 4 is 22.9 Å². The van der Waals surface area contributed by atoms with E-state index in [9.17, 15) is 0 Å². The molecule has 0 fully saturated rings. The van der Waals surface area contributed by atoms with E-state index in [-0.39, 0.29) is 0 Å². The molecule has 0 atom stereocenters. The van der Waals surface area contributed by atoms with Crippen LogP contribution >= 0.6 is 22.9 Å². The standard InChI is InChI=1S/C15H19ClN2S/c1-3-5-13-14(10-17-2)19-15(18-13)9-11-6-4-7-12(16)8-11/h4,6-8,17H,3,5,9-10H2,1-2H3. The van der Waals surface area contributed by atoms with E-state index in [1.165, 1.54) is 21.1 Å². The van der Waals surface area contributed by atoms with E-state index in [1.54, 1.807) is 0 Å². The van der Waals surface area contributed by atoms with Gasteiger partial charge in [-0.3, -0.25) is 0 Å². The van der Waals surface area contributed by atoms with Gasteiger partial charge in [-0.1, -0.05) is 37.1 Å². The molecule has 1 N–H and O–H groups in total. The third-order valence-corrected chi connectivity index (χ3v) is 4.22. The average molecular weight is 295 g/mol. The summed E-state index contributed by atoms with van der Waals surface area (Å²) < 4.78 is 0. The Morgan fingerprint density at radius 2 is 2.21 bits per heavy atom. The van der Waals surface area contributed by atoms with E-state index >= 15 is 0 Å². The fraction of sp³-hybridized carbons (Fsp3) is 0.400. The highest BCUT2D eigenvalue weighted by Crippen LogP contribution is 2.23. The number of thiazole rings is 1. The Hall–Kier alpha value is -0.900. The molecule has 0 aliphatic heterocycles. The highest BCUT2D eigenvalue weighted by molar-refractivity contribution is 7.11. The largest absolute Gasteiger partial charge is 0.315 e. The fourth-order valence-electron chi connectivity index (χ4n) is 2.06. The number of rotatable bonds is 6. The van der Waals surface area contributed by atoms with Crippen LogP contribution in [0.1, 0.15) is 34.5 Å². The minimum atomic E-state index is 0.790. The number of nitrogens with one attached hydrogen (secondary N) is 1. The van der Waals surface area contributed by atoms with Crippen LogP contribution in [0.3, 0.4) is 0 Å². The third kappa shape index (κ3) is 4.03. The maximum atomic E-state index is 6.02. The number of halogens is 1. The smallest absolute Gasteiger partial charge is 0.0975 e. The van der Waals surface area contributed by atoms with Crippen molar-refractivity contribution in [3.63, 3.8) is 0 Å². The molecule has 4 heteroatoms. The zero-order valence-electron chi connectivity index (χ0n) is 11.4. The quantitative estimate of drug-likeness (QED) is 0.869. The van der Waals surface area contributed by atoms with Gasteiger partial charge in [-0.05, 0) is 31.2 Å². The van der Waals surface area contributed by atoms with E-state index < -0.39 is 0 Å². The van der Waals surface area contributed by atoms with E-state index in [2.05, 4.69) is 18.3 Å². The normalized spacial score (nSPS) is 10.9. The summed E-state index contributed by atoms with van der Waals surface area (Å²) in [5.74, 6) is 0. The van der Waals surface area contributed by atoms with Crippen LogP contribution in [0, 0.1) is 0 Å². The second-order valence-corrected chi connectivity index (χ2v) is 6.17. The molecule has 0 saturated heterocycles. The summed E-state index contributed by atoms with van der Waals surface area (Å²) in [4.78, 5) is 6.14. The van der Waals surface area contributed by atoms with Gasteiger partial charge < -0.3 is 5.32 Å². The SMILES string of the molecule is CCCc1nc(Cc2cccc(Cl)c2)sc1CNC. The molecule has 1 heterocycles. The van der Waals surface area contributed by atoms with Crippen LogP contribution in [0.4, 0.5) is 0 Å². The molecule has 19 heavy (non-hydrogen) atoms. The first-order valence-electron chi connectivity index (χ1n) is 6.59. The van der Waals surface area contributed by atoms with E-state index in [4.69, 9.17) is 16.6 Å². The van der Waals surface area contributed by atoms with Crippen molar-refractivity contribution < 1.29 is 0 Å². The van der Waals surface area contributed by atoms with Crippen LogP contribution in [-0.2, 0) is 19.4 Å². The highest BCUT2D eigenvalue weighted by Gasteiger charge is 2.10. The van der Waals surface area contributed by atoms with E-state index in [0.29, 0.717) is 0 Å². The van der Waals surface area contributed by atoms with Crippen LogP contribution in [0.15, 0.2) is 24.3 Å². The van der Waals surface area contributed by atoms with Gasteiger partial charge in [0.15, 0.2) is 0 Å². The van der Waals surface area contributed by atoms with Crippen molar-refractivity contribution in [2.24, 2.45) is 0 Å². The topological polar surface area (TPSA) is 24.9 Å². The maximum Gasteiger partial charge on any atom is 0.0975 e. The van der Waals surface area contributed by atoms with Crippen LogP contribution in [0.25, 0.3) is 0 Å². The zero-order chi connectivity index (χ0) is 13.7. The van der Waals surface area contributed by atoms with Gasteiger partial charge in [0, 0.05) is 22.9 Å². The van der Waals surface area contributed by atoms with Crippen molar-refractivity contribution in [2.45, 2.75) is 32.7 Å². The lowest BCUT2D eigenvalue weighted by atomic mass is 10.1. The Balaban J connectivity index is 2.18. The van der Waals surface area contributed by atoms with E-state index in [1.807, 2.05) is 36.6 Å². The van der Waals surface area contributed by atoms with Crippen molar-refractivity contribution in [1.82, 2.24) is 10.3 Å². The number of benzene rings is 1. The van der Waals surface area contributed by atoms with Gasteiger partial charge in [0.1, 0.15) is 0 Å². The number of nitrogens with zero attached hydrogens (tertiary/aromatic N) is 1. The first-order valence-corrected chi connectivity index (χ1v) is 7.79. The van der Waals surface area contributed by atoms with Crippen LogP contribution < -0.4 is 5.32 Å². The summed E-state index contributed by atoms with van der Waals surface area (Å²) >= 11 is 7.83. The maximum absolute atomic E-state index is 6.02. The molecule has 1 aromatic heterocycles. The second kappa shape index (κ2) is 7.04. The molecule has 102 valence electrons. The molecule has 0 amide bonds. The van der Waals surface area contributed by atoms with Crippen molar-refractivity contribution in [2.75, 3.05) is 7.05 Å². The van der Waals surface area contributed by atoms with Crippen molar-refractivity contribution in [3.05, 3.63) is 50.4 Å². The molecular formula is C15H19ClN2S. The zero-order valence-corrected chi connectivity index (χ0v) is 12.9. The minimum absolute atomic E-state index is 0.790. The molecule has 0 spiro atoms. The molecular weight excluding hydrogens is 276 g/mol. The molecule has 2 aromatic rings. The predicted molar refractivity (Wildman–Crippen MR) is 83.1 cm³/mol. The summed E-state index contributed by atoms with van der Waals surface area (Å²) in [7, 11) is 1.98. The summed E-state index contributed by atoms with van der Waals surface area (Å²) in [6, 6.07) is 8.01. The summed E-state index contributed by atoms with van der Waals surface area (Å²) in [6.45, 7) is 3.10. The van der Waals surface area contributed by atoms with Crippen molar-refractivity contribution in [3.8, 4) is 0 Å². The molecule has 0 radical (unpaired) electrons. The molecule has 0 unspecified atom stereocenters. The first-order chi connectivity index (χ1) is 9.22. The molecule has 0 aliphatic rings. The summed E-state index contributed by atoms with van der Waals surface area (Å²) in [5, 5.41) is 5.19. The molecule has 0 bridgehead atoms. The summed E-state index contributed by atoms with van der Waals surface area (Å²) in [5.41, 5.74) is 2.47. The van der Waals surface area contributed by atoms with E-state index in [0.717, 1.165) is 30.8 Å². The van der Waals surface area contributed by atoms with Gasteiger partial charge in [0.2, 0.25) is 0 Å². The fourth-order valence-corrected chi connectivity index (χ4v) is 3.44. The van der Waals surface area contributed by atoms with Gasteiger partial charge in [-0.25, -0.2) is 4.98 Å². The van der Waals surface area contributed by atoms with Gasteiger partial charge in [-0.15, -0.1) is 11.3 Å². The molecule has 1 aromatic carbocycles. The number of aromatic nitrogens is 1. The summed E-state index contributed by atoms with van der Waals surface area (Å²) in [6.07, 6.45) is 3.06. The average Bonchev–Trinajstić information content (AvgIpc) is 2.72. The lowest BCUT2D eigenvalue weighted by molar-refractivity contribution is 0.796. The van der Waals surface area contributed by atoms with Crippen LogP contribution in [0.2, 0.25) is 5.02 Å². The Morgan fingerprint density at radius 1 is 1.37 bits per heavy atom. The molecule has 2 rings (SSSR count). The third-order valence-electron chi connectivity index (χ3n) is 2.89. The van der Waals surface area contributed by atoms with Gasteiger partial charge in [0.25, 0.3) is 0 Å². The number of hydrogen-bond donors (Lipinski definition) is 1. The van der Waals surface area contributed by atoms with Crippen molar-refractivity contribution in [1.29, 1.82) is 0 Å². The van der Waals surface area contributed by atoms with Crippen LogP contribution in [0.5, 0.6) is 0 Å².